The predicted octanol–water partition coefficient (Wildman–Crippen LogP) is 8.78. The van der Waals surface area contributed by atoms with Crippen LogP contribution in [-0.2, 0) is 16.1 Å². The normalized spacial score (nSPS) is 14.7. The van der Waals surface area contributed by atoms with Crippen molar-refractivity contribution in [2.45, 2.75) is 19.7 Å². The molecule has 1 aliphatic heterocycles. The number of carbonyl (C=O) groups is 1. The smallest absolute Gasteiger partial charge is 0.376 e. The van der Waals surface area contributed by atoms with Crippen molar-refractivity contribution in [2.24, 2.45) is 5.10 Å². The van der Waals surface area contributed by atoms with Crippen molar-refractivity contribution >= 4 is 69.6 Å². The van der Waals surface area contributed by atoms with Crippen molar-refractivity contribution in [1.29, 1.82) is 0 Å². The monoisotopic (exact) mass is 613 g/mol. The van der Waals surface area contributed by atoms with Crippen LogP contribution in [0.25, 0.3) is 0 Å². The van der Waals surface area contributed by atoms with Gasteiger partial charge < -0.3 is 9.47 Å². The first-order valence-corrected chi connectivity index (χ1v) is 13.9. The van der Waals surface area contributed by atoms with Crippen LogP contribution in [0.4, 0.5) is 11.4 Å². The van der Waals surface area contributed by atoms with Gasteiger partial charge in [0.05, 0.1) is 12.3 Å². The van der Waals surface area contributed by atoms with E-state index in [1.807, 2.05) is 53.4 Å². The van der Waals surface area contributed by atoms with Crippen LogP contribution in [0.1, 0.15) is 24.2 Å². The lowest BCUT2D eigenvalue weighted by Gasteiger charge is -2.32. The lowest BCUT2D eigenvalue weighted by Crippen LogP contribution is -2.39. The standard InChI is InChI=1S/C30H23Cl4N3O3/c1-2-39-30(38)28-35-37(23-15-11-21(32)12-16-23)29(36(28)22-13-9-20(31)10-14-22)19-5-3-6-24(17-19)40-18-25-26(33)7-4-8-27(25)34/h3-17,29H,2,18H2,1H3. The van der Waals surface area contributed by atoms with E-state index in [2.05, 4.69) is 0 Å². The number of rotatable bonds is 8. The van der Waals surface area contributed by atoms with Crippen LogP contribution in [0.15, 0.2) is 96.1 Å². The van der Waals surface area contributed by atoms with Gasteiger partial charge in [0, 0.05) is 36.9 Å². The summed E-state index contributed by atoms with van der Waals surface area (Å²) in [4.78, 5) is 15.0. The summed E-state index contributed by atoms with van der Waals surface area (Å²) >= 11 is 25.0. The highest BCUT2D eigenvalue weighted by molar-refractivity contribution is 6.42. The van der Waals surface area contributed by atoms with Gasteiger partial charge in [0.2, 0.25) is 5.84 Å². The quantitative estimate of drug-likeness (QED) is 0.186. The van der Waals surface area contributed by atoms with Gasteiger partial charge in [-0.25, -0.2) is 9.80 Å². The molecule has 6 nitrogen and oxygen atoms in total. The van der Waals surface area contributed by atoms with E-state index >= 15 is 0 Å². The Labute approximate surface area is 252 Å². The first-order valence-electron chi connectivity index (χ1n) is 12.4. The van der Waals surface area contributed by atoms with Crippen LogP contribution in [0.3, 0.4) is 0 Å². The number of carbonyl (C=O) groups excluding carboxylic acids is 1. The molecule has 5 rings (SSSR count). The molecular weight excluding hydrogens is 592 g/mol. The highest BCUT2D eigenvalue weighted by Gasteiger charge is 2.41. The van der Waals surface area contributed by atoms with Crippen molar-refractivity contribution in [3.8, 4) is 5.75 Å². The van der Waals surface area contributed by atoms with E-state index in [1.54, 1.807) is 54.4 Å². The molecule has 0 saturated heterocycles. The number of hydrogen-bond acceptors (Lipinski definition) is 6. The van der Waals surface area contributed by atoms with E-state index in [-0.39, 0.29) is 19.0 Å². The van der Waals surface area contributed by atoms with Crippen molar-refractivity contribution in [3.05, 3.63) is 122 Å². The van der Waals surface area contributed by atoms with E-state index in [0.29, 0.717) is 37.1 Å². The van der Waals surface area contributed by atoms with Gasteiger partial charge in [-0.15, -0.1) is 5.10 Å². The van der Waals surface area contributed by atoms with Crippen molar-refractivity contribution in [1.82, 2.24) is 0 Å². The number of esters is 1. The first-order chi connectivity index (χ1) is 19.4. The molecule has 0 saturated carbocycles. The van der Waals surface area contributed by atoms with Crippen LogP contribution in [0.5, 0.6) is 5.75 Å². The molecule has 40 heavy (non-hydrogen) atoms. The molecule has 204 valence electrons. The number of nitrogens with zero attached hydrogens (tertiary/aromatic N) is 3. The summed E-state index contributed by atoms with van der Waals surface area (Å²) in [6, 6.07) is 27.3. The Balaban J connectivity index is 1.58. The predicted molar refractivity (Wildman–Crippen MR) is 162 cm³/mol. The fraction of sp³-hybridized carbons (Fsp3) is 0.133. The highest BCUT2D eigenvalue weighted by Crippen LogP contribution is 2.40. The summed E-state index contributed by atoms with van der Waals surface area (Å²) in [6.07, 6.45) is -0.575. The van der Waals surface area contributed by atoms with Crippen LogP contribution in [0, 0.1) is 0 Å². The van der Waals surface area contributed by atoms with Crippen LogP contribution < -0.4 is 14.6 Å². The molecule has 0 amide bonds. The minimum absolute atomic E-state index is 0.123. The molecule has 0 radical (unpaired) electrons. The van der Waals surface area contributed by atoms with Gasteiger partial charge in [-0.1, -0.05) is 64.6 Å². The Morgan fingerprint density at radius 1 is 0.825 bits per heavy atom. The zero-order valence-electron chi connectivity index (χ0n) is 21.2. The van der Waals surface area contributed by atoms with Gasteiger partial charge in [-0.3, -0.25) is 4.90 Å². The zero-order chi connectivity index (χ0) is 28.2. The second kappa shape index (κ2) is 12.4. The number of benzene rings is 4. The van der Waals surface area contributed by atoms with Gasteiger partial charge in [-0.05, 0) is 79.7 Å². The highest BCUT2D eigenvalue weighted by atomic mass is 35.5. The molecule has 0 aromatic heterocycles. The molecule has 1 aliphatic rings. The molecule has 0 N–H and O–H groups in total. The molecule has 0 spiro atoms. The third kappa shape index (κ3) is 6.01. The molecule has 0 aliphatic carbocycles. The van der Waals surface area contributed by atoms with Crippen molar-refractivity contribution < 1.29 is 14.3 Å². The number of hydrogen-bond donors (Lipinski definition) is 0. The summed E-state index contributed by atoms with van der Waals surface area (Å²) in [7, 11) is 0. The van der Waals surface area contributed by atoms with E-state index in [4.69, 9.17) is 61.0 Å². The number of halogens is 4. The van der Waals surface area contributed by atoms with Crippen LogP contribution in [-0.4, -0.2) is 18.4 Å². The number of amidine groups is 1. The fourth-order valence-electron chi connectivity index (χ4n) is 4.30. The van der Waals surface area contributed by atoms with Gasteiger partial charge in [0.15, 0.2) is 6.17 Å². The minimum Gasteiger partial charge on any atom is -0.489 e. The summed E-state index contributed by atoms with van der Waals surface area (Å²) < 4.78 is 11.5. The number of ether oxygens (including phenoxy) is 2. The SMILES string of the molecule is CCOC(=O)C1=NN(c2ccc(Cl)cc2)C(c2cccc(OCc3c(Cl)cccc3Cl)c2)N1c1ccc(Cl)cc1. The summed E-state index contributed by atoms with van der Waals surface area (Å²) in [5, 5.41) is 8.69. The molecular formula is C30H23Cl4N3O3. The van der Waals surface area contributed by atoms with Gasteiger partial charge in [0.25, 0.3) is 0 Å². The van der Waals surface area contributed by atoms with Gasteiger partial charge >= 0.3 is 5.97 Å². The van der Waals surface area contributed by atoms with E-state index in [9.17, 15) is 4.79 Å². The average Bonchev–Trinajstić information content (AvgIpc) is 3.35. The maximum absolute atomic E-state index is 13.2. The Morgan fingerprint density at radius 2 is 1.43 bits per heavy atom. The molecule has 0 bridgehead atoms. The topological polar surface area (TPSA) is 54.4 Å². The lowest BCUT2D eigenvalue weighted by atomic mass is 10.1. The molecule has 1 atom stereocenters. The van der Waals surface area contributed by atoms with Gasteiger partial charge in [0.1, 0.15) is 12.4 Å². The van der Waals surface area contributed by atoms with Crippen LogP contribution >= 0.6 is 46.4 Å². The van der Waals surface area contributed by atoms with Gasteiger partial charge in [-0.2, -0.15) is 0 Å². The largest absolute Gasteiger partial charge is 0.489 e. The minimum atomic E-state index is -0.575. The average molecular weight is 615 g/mol. The number of anilines is 2. The Bertz CT molecular complexity index is 1520. The maximum atomic E-state index is 13.2. The first kappa shape index (κ1) is 28.1. The van der Waals surface area contributed by atoms with Crippen molar-refractivity contribution in [2.75, 3.05) is 16.5 Å². The third-order valence-electron chi connectivity index (χ3n) is 6.16. The molecule has 1 unspecified atom stereocenters. The summed E-state index contributed by atoms with van der Waals surface area (Å²) in [6.45, 7) is 2.13. The molecule has 0 fully saturated rings. The summed E-state index contributed by atoms with van der Waals surface area (Å²) in [5.41, 5.74) is 2.92. The molecule has 4 aromatic carbocycles. The molecule has 1 heterocycles. The fourth-order valence-corrected chi connectivity index (χ4v) is 5.06. The Hall–Kier alpha value is -3.42. The second-order valence-electron chi connectivity index (χ2n) is 8.75. The Kier molecular flexibility index (Phi) is 8.72. The van der Waals surface area contributed by atoms with E-state index in [0.717, 1.165) is 11.3 Å². The molecule has 4 aromatic rings. The van der Waals surface area contributed by atoms with Crippen LogP contribution in [0.2, 0.25) is 20.1 Å². The van der Waals surface area contributed by atoms with E-state index in [1.165, 1.54) is 0 Å². The van der Waals surface area contributed by atoms with Crippen molar-refractivity contribution in [3.63, 3.8) is 0 Å². The lowest BCUT2D eigenvalue weighted by molar-refractivity contribution is -0.135. The zero-order valence-corrected chi connectivity index (χ0v) is 24.3. The second-order valence-corrected chi connectivity index (χ2v) is 10.4. The molecule has 10 heteroatoms. The maximum Gasteiger partial charge on any atom is 0.376 e. The Morgan fingerprint density at radius 3 is 2.05 bits per heavy atom. The number of hydrazone groups is 1. The third-order valence-corrected chi connectivity index (χ3v) is 7.37. The summed E-state index contributed by atoms with van der Waals surface area (Å²) in [5.74, 6) is 0.156. The van der Waals surface area contributed by atoms with E-state index < -0.39 is 12.1 Å².